The van der Waals surface area contributed by atoms with E-state index < -0.39 is 59.0 Å². The Labute approximate surface area is 632 Å². The van der Waals surface area contributed by atoms with Crippen molar-refractivity contribution < 1.29 is 79.9 Å². The summed E-state index contributed by atoms with van der Waals surface area (Å²) in [6.45, 7) is 44.6. The molecular weight excluding hydrogens is 1360 g/mol. The van der Waals surface area contributed by atoms with E-state index in [0.717, 1.165) is 56.4 Å². The Morgan fingerprint density at radius 1 is 0.388 bits per heavy atom. The first kappa shape index (κ1) is 95.5. The van der Waals surface area contributed by atoms with Gasteiger partial charge >= 0.3 is 47.1 Å². The number of ether oxygens (including phenoxy) is 5. The van der Waals surface area contributed by atoms with Crippen molar-refractivity contribution in [2.45, 2.75) is 351 Å². The van der Waals surface area contributed by atoms with Crippen LogP contribution in [-0.2, 0) is 87.4 Å². The average Bonchev–Trinajstić information content (AvgIpc) is 0.777. The lowest BCUT2D eigenvalue weighted by atomic mass is 9.78. The van der Waals surface area contributed by atoms with Crippen LogP contribution in [0.3, 0.4) is 0 Å². The van der Waals surface area contributed by atoms with E-state index in [1.807, 2.05) is 20.8 Å². The topological polar surface area (TPSA) is 207 Å². The van der Waals surface area contributed by atoms with Gasteiger partial charge in [-0.15, -0.1) is 0 Å². The minimum Gasteiger partial charge on any atom is -0.466 e. The highest BCUT2D eigenvalue weighted by atomic mass is 32.2. The number of carbonyl (C=O) groups is 5. The number of aryl methyl sites for hydroxylation is 2. The number of aliphatic hydroxyl groups is 1. The Bertz CT molecular complexity index is 2440. The molecule has 0 aromatic heterocycles. The summed E-state index contributed by atoms with van der Waals surface area (Å²) in [5.41, 5.74) is 4.10. The zero-order chi connectivity index (χ0) is 77.0. The highest BCUT2D eigenvalue weighted by molar-refractivity contribution is 7.99. The molecule has 1 spiro atoms. The molecule has 0 saturated carbocycles. The minimum absolute atomic E-state index is 0.0902. The average molecular weight is 1510 g/mol. The summed E-state index contributed by atoms with van der Waals surface area (Å²) < 4.78 is 63.8. The number of benzene rings is 2. The maximum Gasteiger partial charge on any atom is 0.397 e. The second-order valence-electron chi connectivity index (χ2n) is 32.5. The van der Waals surface area contributed by atoms with Crippen LogP contribution in [0.2, 0.25) is 0 Å². The fourth-order valence-corrected chi connectivity index (χ4v) is 14.7. The molecule has 1 N–H and O–H groups in total. The number of hydrogen-bond acceptors (Lipinski definition) is 18. The normalized spacial score (nSPS) is 16.4. The summed E-state index contributed by atoms with van der Waals surface area (Å²) in [5, 5.41) is 10.6. The van der Waals surface area contributed by atoms with Crippen LogP contribution in [0.1, 0.15) is 344 Å². The van der Waals surface area contributed by atoms with Crippen LogP contribution in [0.4, 0.5) is 0 Å². The fraction of sp³-hybridized carbons (Fsp3) is 0.795. The standard InChI is InChI=1S/C35H54O6P2.C30H58O4S.C18H32O7/c1-23-15-25(31(3,4)5)29(26(16-23)32(6,7)8)40-42-36-19-35(20-37-42)21-38-43(39-22-35)41-30-27(33(9,10)11)17-24(2)18-28(30)34(12,13)14;1-3-5-7-9-11-13-15-17-19-21-25-33-29(31)23-27-35-28-24-30(32)34-26-22-20-18-16-14-12-10-8-6-4-2;1-4-7-10-23-15(19)13-18(22,17(21)25-12-9-6-3)14-16(20)24-11-8-5-2/h15-18H,19-22H2,1-14H3;3-28H2,1-2H3;22H,4-14H2,1-3H3. The molecule has 2 heterocycles. The van der Waals surface area contributed by atoms with E-state index in [1.54, 1.807) is 11.8 Å². The molecule has 4 rings (SSSR count). The molecule has 17 nitrogen and oxygen atoms in total. The van der Waals surface area contributed by atoms with E-state index >= 15 is 0 Å². The molecule has 0 unspecified atom stereocenters. The summed E-state index contributed by atoms with van der Waals surface area (Å²) in [4.78, 5) is 59.5. The van der Waals surface area contributed by atoms with E-state index in [2.05, 4.69) is 135 Å². The highest BCUT2D eigenvalue weighted by Crippen LogP contribution is 2.56. The van der Waals surface area contributed by atoms with Crippen LogP contribution < -0.4 is 9.05 Å². The summed E-state index contributed by atoms with van der Waals surface area (Å²) in [6, 6.07) is 8.89. The predicted molar refractivity (Wildman–Crippen MR) is 422 cm³/mol. The molecule has 0 atom stereocenters. The number of hydrogen-bond donors (Lipinski definition) is 1. The van der Waals surface area contributed by atoms with Gasteiger partial charge in [-0.3, -0.25) is 19.2 Å². The molecule has 0 aliphatic carbocycles. The molecule has 594 valence electrons. The van der Waals surface area contributed by atoms with E-state index in [4.69, 9.17) is 50.8 Å². The Morgan fingerprint density at radius 2 is 0.641 bits per heavy atom. The molecule has 0 radical (unpaired) electrons. The quantitative estimate of drug-likeness (QED) is 0.0283. The van der Waals surface area contributed by atoms with Crippen LogP contribution in [-0.4, -0.2) is 112 Å². The van der Waals surface area contributed by atoms with E-state index in [9.17, 15) is 29.1 Å². The van der Waals surface area contributed by atoms with Gasteiger partial charge in [0.05, 0.1) is 90.6 Å². The fourth-order valence-electron chi connectivity index (χ4n) is 11.3. The van der Waals surface area contributed by atoms with Crippen molar-refractivity contribution >= 4 is 58.8 Å². The monoisotopic (exact) mass is 1510 g/mol. The van der Waals surface area contributed by atoms with Gasteiger partial charge in [-0.25, -0.2) is 4.79 Å². The van der Waals surface area contributed by atoms with Crippen molar-refractivity contribution in [1.29, 1.82) is 0 Å². The van der Waals surface area contributed by atoms with Crippen LogP contribution in [0.15, 0.2) is 24.3 Å². The van der Waals surface area contributed by atoms with Crippen LogP contribution in [0.5, 0.6) is 11.5 Å². The third-order valence-corrected chi connectivity index (χ3v) is 20.9. The number of thioether (sulfide) groups is 1. The third kappa shape index (κ3) is 41.0. The molecule has 2 aliphatic heterocycles. The van der Waals surface area contributed by atoms with E-state index in [1.165, 1.54) is 136 Å². The summed E-state index contributed by atoms with van der Waals surface area (Å²) in [5.74, 6) is 0.459. The van der Waals surface area contributed by atoms with Gasteiger partial charge in [0.25, 0.3) is 0 Å². The number of unbranched alkanes of at least 4 members (excludes halogenated alkanes) is 21. The molecule has 0 amide bonds. The highest BCUT2D eigenvalue weighted by Gasteiger charge is 2.47. The zero-order valence-corrected chi connectivity index (χ0v) is 70.7. The van der Waals surface area contributed by atoms with Crippen molar-refractivity contribution in [3.05, 3.63) is 57.6 Å². The van der Waals surface area contributed by atoms with Gasteiger partial charge in [0.15, 0.2) is 5.60 Å². The summed E-state index contributed by atoms with van der Waals surface area (Å²) in [7, 11) is -3.12. The molecule has 103 heavy (non-hydrogen) atoms. The van der Waals surface area contributed by atoms with Gasteiger partial charge in [-0.2, -0.15) is 11.8 Å². The first-order chi connectivity index (χ1) is 48.7. The van der Waals surface area contributed by atoms with Gasteiger partial charge in [-0.1, -0.05) is 288 Å². The van der Waals surface area contributed by atoms with Gasteiger partial charge < -0.3 is 55.9 Å². The molecule has 2 aliphatic rings. The van der Waals surface area contributed by atoms with Crippen molar-refractivity contribution in [3.63, 3.8) is 0 Å². The second kappa shape index (κ2) is 51.7. The molecular formula is C83H144O17P2S. The number of carbonyl (C=O) groups excluding carboxylic acids is 5. The third-order valence-electron chi connectivity index (χ3n) is 17.9. The van der Waals surface area contributed by atoms with Gasteiger partial charge in [0.2, 0.25) is 0 Å². The van der Waals surface area contributed by atoms with Gasteiger partial charge in [-0.05, 0) is 67.6 Å². The van der Waals surface area contributed by atoms with Gasteiger partial charge in [0.1, 0.15) is 11.5 Å². The molecule has 2 fully saturated rings. The second-order valence-corrected chi connectivity index (χ2v) is 36.1. The smallest absolute Gasteiger partial charge is 0.397 e. The Balaban J connectivity index is 0.000000546. The minimum atomic E-state index is -2.26. The largest absolute Gasteiger partial charge is 0.466 e. The maximum absolute atomic E-state index is 12.2. The first-order valence-corrected chi connectivity index (χ1v) is 42.9. The first-order valence-electron chi connectivity index (χ1n) is 39.6. The van der Waals surface area contributed by atoms with Crippen molar-refractivity contribution in [2.75, 3.05) is 71.0 Å². The molecule has 0 bridgehead atoms. The lowest BCUT2D eigenvalue weighted by Gasteiger charge is -2.42. The van der Waals surface area contributed by atoms with Crippen molar-refractivity contribution in [2.24, 2.45) is 5.41 Å². The zero-order valence-electron chi connectivity index (χ0n) is 68.1. The molecule has 2 aromatic rings. The molecule has 2 saturated heterocycles. The lowest BCUT2D eigenvalue weighted by molar-refractivity contribution is -0.178. The molecule has 20 heteroatoms. The maximum atomic E-state index is 12.2. The Morgan fingerprint density at radius 3 is 0.922 bits per heavy atom. The summed E-state index contributed by atoms with van der Waals surface area (Å²) in [6.07, 6.45) is 29.7. The van der Waals surface area contributed by atoms with E-state index in [-0.39, 0.29) is 53.4 Å². The lowest BCUT2D eigenvalue weighted by Crippen LogP contribution is -2.45. The summed E-state index contributed by atoms with van der Waals surface area (Å²) >= 11 is 1.63. The van der Waals surface area contributed by atoms with Crippen molar-refractivity contribution in [1.82, 2.24) is 0 Å². The SMILES string of the molecule is CCCCCCCCCCCCOC(=O)CCSCCC(=O)OCCCCCCCCCCCC.CCCCOC(=O)CC(O)(CC(=O)OCCCC)C(=O)OCCCC.Cc1cc(C(C)(C)C)c(OP2OCC3(CO2)COP(Oc2c(C(C)(C)C)cc(C)cc2C(C)(C)C)OC3)c(C(C)(C)C)c1. The van der Waals surface area contributed by atoms with E-state index in [0.29, 0.717) is 83.3 Å². The number of rotatable bonds is 46. The van der Waals surface area contributed by atoms with Crippen LogP contribution >= 0.6 is 29.0 Å². The van der Waals surface area contributed by atoms with Crippen LogP contribution in [0.25, 0.3) is 0 Å². The predicted octanol–water partition coefficient (Wildman–Crippen LogP) is 22.4. The van der Waals surface area contributed by atoms with Gasteiger partial charge in [0, 0.05) is 33.8 Å². The van der Waals surface area contributed by atoms with Crippen LogP contribution in [0, 0.1) is 19.3 Å². The number of esters is 5. The Hall–Kier alpha value is -3.60. The molecule has 2 aromatic carbocycles. The van der Waals surface area contributed by atoms with Crippen molar-refractivity contribution in [3.8, 4) is 11.5 Å². The Kier molecular flexibility index (Phi) is 47.9.